The van der Waals surface area contributed by atoms with Gasteiger partial charge in [0.15, 0.2) is 0 Å². The van der Waals surface area contributed by atoms with Gasteiger partial charge in [-0.25, -0.2) is 0 Å². The molecule has 1 saturated heterocycles. The molecule has 0 radical (unpaired) electrons. The summed E-state index contributed by atoms with van der Waals surface area (Å²) in [7, 11) is 5.29. The number of benzene rings is 1. The third kappa shape index (κ3) is 4.57. The Bertz CT molecular complexity index is 591. The molecule has 0 aliphatic carbocycles. The van der Waals surface area contributed by atoms with E-state index in [1.165, 1.54) is 9.80 Å². The summed E-state index contributed by atoms with van der Waals surface area (Å²) in [6.07, 6.45) is 0.780. The van der Waals surface area contributed by atoms with Crippen LogP contribution < -0.4 is 9.25 Å². The van der Waals surface area contributed by atoms with Crippen LogP contribution in [0.3, 0.4) is 0 Å². The van der Waals surface area contributed by atoms with Crippen molar-refractivity contribution < 1.29 is 17.8 Å². The number of nitrogens with zero attached hydrogens (tertiary/aromatic N) is 3. The zero-order valence-electron chi connectivity index (χ0n) is 14.2. The predicted molar refractivity (Wildman–Crippen MR) is 92.9 cm³/mol. The Morgan fingerprint density at radius 3 is 2.33 bits per heavy atom. The Labute approximate surface area is 147 Å². The maximum atomic E-state index is 12.9. The van der Waals surface area contributed by atoms with Gasteiger partial charge in [0.05, 0.1) is 0 Å². The van der Waals surface area contributed by atoms with E-state index in [4.69, 9.17) is 0 Å². The van der Waals surface area contributed by atoms with Crippen molar-refractivity contribution in [1.29, 1.82) is 0 Å². The molecule has 0 unspecified atom stereocenters. The first-order valence-corrected chi connectivity index (χ1v) is 10.4. The average molecular weight is 397 g/mol. The van der Waals surface area contributed by atoms with E-state index in [0.29, 0.717) is 16.6 Å². The van der Waals surface area contributed by atoms with Crippen LogP contribution in [0.2, 0.25) is 0 Å². The van der Waals surface area contributed by atoms with Crippen molar-refractivity contribution in [3.63, 3.8) is 0 Å². The molecule has 7 nitrogen and oxygen atoms in total. The monoisotopic (exact) mass is 397 g/mol. The summed E-state index contributed by atoms with van der Waals surface area (Å²) in [5.74, 6) is -0.344. The van der Waals surface area contributed by atoms with Crippen LogP contribution in [0, 0.1) is 5.92 Å². The molecular formula is C16H24AsN3O4. The Kier molecular flexibility index (Phi) is 6.40. The minimum absolute atomic E-state index is 0.0227. The molecule has 1 aliphatic heterocycles. The molecule has 1 aliphatic rings. The first-order chi connectivity index (χ1) is 11.3. The van der Waals surface area contributed by atoms with Gasteiger partial charge in [0.2, 0.25) is 0 Å². The third-order valence-electron chi connectivity index (χ3n) is 4.19. The Morgan fingerprint density at radius 1 is 1.25 bits per heavy atom. The number of amides is 2. The number of likely N-dealkylation sites (N-methyl/N-ethyl adjacent to an activating group) is 1. The normalized spacial score (nSPS) is 18.0. The first-order valence-electron chi connectivity index (χ1n) is 7.77. The van der Waals surface area contributed by atoms with Gasteiger partial charge >= 0.3 is 147 Å². The SMILES string of the molecule is CN1CC[C@@H](C(=O)N(CC(=O)N(C)C)c2ccc([As](O)O)cc2)C1. The van der Waals surface area contributed by atoms with Crippen molar-refractivity contribution in [2.75, 3.05) is 45.7 Å². The molecule has 1 aromatic rings. The molecule has 1 heterocycles. The van der Waals surface area contributed by atoms with E-state index < -0.39 is 15.3 Å². The fourth-order valence-corrected chi connectivity index (χ4v) is 3.57. The summed E-state index contributed by atoms with van der Waals surface area (Å²) in [5.41, 5.74) is 0.601. The quantitative estimate of drug-likeness (QED) is 0.606. The standard InChI is InChI=1S/C16H24AsN3O4/c1-18(2)15(21)11-20(16(22)12-8-9-19(3)10-12)14-6-4-13(5-7-14)17(23)24/h4-7,12,23-24H,8-11H2,1-3H3/t12-/m1/s1. The fourth-order valence-electron chi connectivity index (χ4n) is 2.70. The molecule has 1 aromatic carbocycles. The second kappa shape index (κ2) is 8.12. The van der Waals surface area contributed by atoms with E-state index in [-0.39, 0.29) is 24.3 Å². The van der Waals surface area contributed by atoms with Crippen LogP contribution in [0.4, 0.5) is 5.69 Å². The molecule has 2 rings (SSSR count). The van der Waals surface area contributed by atoms with Gasteiger partial charge in [-0.15, -0.1) is 0 Å². The second-order valence-electron chi connectivity index (χ2n) is 6.27. The van der Waals surface area contributed by atoms with Gasteiger partial charge in [0.25, 0.3) is 0 Å². The summed E-state index contributed by atoms with van der Waals surface area (Å²) >= 11 is -2.93. The number of carbonyl (C=O) groups is 2. The van der Waals surface area contributed by atoms with E-state index in [9.17, 15) is 17.8 Å². The molecule has 0 spiro atoms. The number of likely N-dealkylation sites (tertiary alicyclic amines) is 1. The van der Waals surface area contributed by atoms with Crippen molar-refractivity contribution >= 4 is 37.2 Å². The Hall–Kier alpha value is -1.40. The number of hydrogen-bond donors (Lipinski definition) is 2. The van der Waals surface area contributed by atoms with Gasteiger partial charge < -0.3 is 0 Å². The minimum atomic E-state index is -2.93. The zero-order valence-corrected chi connectivity index (χ0v) is 16.1. The number of carbonyl (C=O) groups excluding carboxylic acids is 2. The van der Waals surface area contributed by atoms with Gasteiger partial charge in [-0.05, 0) is 0 Å². The molecule has 8 heteroatoms. The van der Waals surface area contributed by atoms with Crippen molar-refractivity contribution in [1.82, 2.24) is 9.80 Å². The molecule has 2 N–H and O–H groups in total. The summed E-state index contributed by atoms with van der Waals surface area (Å²) in [4.78, 5) is 30.1. The zero-order chi connectivity index (χ0) is 17.9. The maximum absolute atomic E-state index is 12.9. The van der Waals surface area contributed by atoms with Crippen LogP contribution in [0.5, 0.6) is 0 Å². The van der Waals surface area contributed by atoms with Crippen molar-refractivity contribution in [3.8, 4) is 0 Å². The van der Waals surface area contributed by atoms with Crippen LogP contribution >= 0.6 is 0 Å². The van der Waals surface area contributed by atoms with Crippen LogP contribution in [0.25, 0.3) is 0 Å². The molecule has 1 fully saturated rings. The van der Waals surface area contributed by atoms with E-state index in [0.717, 1.165) is 13.0 Å². The molecule has 0 aromatic heterocycles. The van der Waals surface area contributed by atoms with Crippen molar-refractivity contribution in [2.24, 2.45) is 5.92 Å². The van der Waals surface area contributed by atoms with Gasteiger partial charge in [0, 0.05) is 0 Å². The summed E-state index contributed by atoms with van der Waals surface area (Å²) in [6, 6.07) is 6.55. The van der Waals surface area contributed by atoms with Gasteiger partial charge in [-0.3, -0.25) is 0 Å². The number of hydrogen-bond acceptors (Lipinski definition) is 5. The second-order valence-corrected chi connectivity index (χ2v) is 8.56. The van der Waals surface area contributed by atoms with Crippen LogP contribution in [0.1, 0.15) is 6.42 Å². The first kappa shape index (κ1) is 18.9. The van der Waals surface area contributed by atoms with E-state index in [1.807, 2.05) is 7.05 Å². The summed E-state index contributed by atoms with van der Waals surface area (Å²) < 4.78 is 19.2. The van der Waals surface area contributed by atoms with Crippen molar-refractivity contribution in [3.05, 3.63) is 24.3 Å². The molecule has 0 saturated carbocycles. The topological polar surface area (TPSA) is 84.3 Å². The van der Waals surface area contributed by atoms with Crippen LogP contribution in [-0.4, -0.2) is 85.9 Å². The van der Waals surface area contributed by atoms with Gasteiger partial charge in [-0.1, -0.05) is 0 Å². The summed E-state index contributed by atoms with van der Waals surface area (Å²) in [5, 5.41) is 0. The van der Waals surface area contributed by atoms with E-state index in [1.54, 1.807) is 38.4 Å². The number of rotatable bonds is 5. The number of anilines is 1. The third-order valence-corrected chi connectivity index (χ3v) is 5.79. The molecule has 24 heavy (non-hydrogen) atoms. The van der Waals surface area contributed by atoms with Crippen molar-refractivity contribution in [2.45, 2.75) is 6.42 Å². The molecule has 2 amide bonds. The molecule has 0 bridgehead atoms. The Balaban J connectivity index is 2.24. The van der Waals surface area contributed by atoms with Gasteiger partial charge in [-0.2, -0.15) is 0 Å². The van der Waals surface area contributed by atoms with Gasteiger partial charge in [0.1, 0.15) is 0 Å². The molecule has 1 atom stereocenters. The van der Waals surface area contributed by atoms with Crippen LogP contribution in [0.15, 0.2) is 24.3 Å². The van der Waals surface area contributed by atoms with E-state index >= 15 is 0 Å². The Morgan fingerprint density at radius 2 is 1.88 bits per heavy atom. The molecular weight excluding hydrogens is 373 g/mol. The van der Waals surface area contributed by atoms with Crippen LogP contribution in [-0.2, 0) is 9.59 Å². The average Bonchev–Trinajstić information content (AvgIpc) is 2.98. The predicted octanol–water partition coefficient (Wildman–Crippen LogP) is -1.26. The van der Waals surface area contributed by atoms with E-state index in [2.05, 4.69) is 4.90 Å². The molecule has 132 valence electrons. The fraction of sp³-hybridized carbons (Fsp3) is 0.500. The summed E-state index contributed by atoms with van der Waals surface area (Å²) in [6.45, 7) is 1.53.